The van der Waals surface area contributed by atoms with Crippen molar-refractivity contribution in [3.05, 3.63) is 75.0 Å². The molecule has 0 fully saturated rings. The minimum atomic E-state index is -0.773. The molecule has 1 heterocycles. The van der Waals surface area contributed by atoms with Gasteiger partial charge in [-0.05, 0) is 40.2 Å². The summed E-state index contributed by atoms with van der Waals surface area (Å²) < 4.78 is 5.69. The maximum atomic E-state index is 12.1. The molecule has 0 bridgehead atoms. The zero-order chi connectivity index (χ0) is 17.8. The van der Waals surface area contributed by atoms with Crippen LogP contribution in [0.15, 0.2) is 63.9 Å². The standard InChI is InChI=1S/C18H13BrN2O4/c19-12-6-2-4-8-14(12)21-17(23)10-25-18(24)15-9-16(22)11-5-1-3-7-13(11)20-15/h1-9H,10H2,(H,20,22)(H,21,23). The molecule has 25 heavy (non-hydrogen) atoms. The lowest BCUT2D eigenvalue weighted by molar-refractivity contribution is -0.119. The fraction of sp³-hybridized carbons (Fsp3) is 0.0556. The highest BCUT2D eigenvalue weighted by atomic mass is 79.9. The molecule has 7 heteroatoms. The maximum Gasteiger partial charge on any atom is 0.355 e. The van der Waals surface area contributed by atoms with E-state index in [2.05, 4.69) is 26.2 Å². The number of fused-ring (bicyclic) bond motifs is 1. The zero-order valence-electron chi connectivity index (χ0n) is 12.9. The van der Waals surface area contributed by atoms with E-state index in [1.807, 2.05) is 6.07 Å². The largest absolute Gasteiger partial charge is 0.451 e. The number of pyridine rings is 1. The van der Waals surface area contributed by atoms with Crippen molar-refractivity contribution in [1.29, 1.82) is 0 Å². The second-order valence-corrected chi connectivity index (χ2v) is 6.05. The molecule has 3 rings (SSSR count). The van der Waals surface area contributed by atoms with Gasteiger partial charge in [0, 0.05) is 21.4 Å². The van der Waals surface area contributed by atoms with E-state index in [-0.39, 0.29) is 11.1 Å². The molecule has 0 saturated carbocycles. The number of rotatable bonds is 4. The minimum absolute atomic E-state index is 0.00242. The van der Waals surface area contributed by atoms with Gasteiger partial charge in [0.25, 0.3) is 5.91 Å². The first-order chi connectivity index (χ1) is 12.0. The van der Waals surface area contributed by atoms with Gasteiger partial charge < -0.3 is 15.0 Å². The fourth-order valence-corrected chi connectivity index (χ4v) is 2.65. The molecule has 6 nitrogen and oxygen atoms in total. The summed E-state index contributed by atoms with van der Waals surface area (Å²) >= 11 is 3.31. The Morgan fingerprint density at radius 3 is 2.60 bits per heavy atom. The predicted octanol–water partition coefficient (Wildman–Crippen LogP) is 3.09. The van der Waals surface area contributed by atoms with E-state index >= 15 is 0 Å². The molecule has 0 spiro atoms. The number of hydrogen-bond donors (Lipinski definition) is 2. The number of ether oxygens (including phenoxy) is 1. The van der Waals surface area contributed by atoms with E-state index in [0.29, 0.717) is 21.1 Å². The summed E-state index contributed by atoms with van der Waals surface area (Å²) in [5, 5.41) is 3.10. The van der Waals surface area contributed by atoms with E-state index in [4.69, 9.17) is 4.74 Å². The van der Waals surface area contributed by atoms with Crippen LogP contribution in [-0.4, -0.2) is 23.5 Å². The van der Waals surface area contributed by atoms with Crippen LogP contribution in [0.5, 0.6) is 0 Å². The molecule has 0 aliphatic rings. The van der Waals surface area contributed by atoms with Gasteiger partial charge in [0.1, 0.15) is 5.69 Å². The highest BCUT2D eigenvalue weighted by Crippen LogP contribution is 2.20. The van der Waals surface area contributed by atoms with Gasteiger partial charge in [0.2, 0.25) is 0 Å². The molecule has 0 unspecified atom stereocenters. The Kier molecular flexibility index (Phi) is 4.95. The normalized spacial score (nSPS) is 10.4. The summed E-state index contributed by atoms with van der Waals surface area (Å²) in [5.41, 5.74) is 0.804. The molecular weight excluding hydrogens is 388 g/mol. The number of hydrogen-bond acceptors (Lipinski definition) is 4. The van der Waals surface area contributed by atoms with Crippen molar-refractivity contribution in [2.75, 3.05) is 11.9 Å². The summed E-state index contributed by atoms with van der Waals surface area (Å²) in [5.74, 6) is -1.26. The maximum absolute atomic E-state index is 12.1. The molecule has 0 saturated heterocycles. The van der Waals surface area contributed by atoms with Gasteiger partial charge in [-0.15, -0.1) is 0 Å². The van der Waals surface area contributed by atoms with Crippen molar-refractivity contribution in [2.45, 2.75) is 0 Å². The molecule has 2 N–H and O–H groups in total. The number of benzene rings is 2. The summed E-state index contributed by atoms with van der Waals surface area (Å²) in [6.07, 6.45) is 0. The summed E-state index contributed by atoms with van der Waals surface area (Å²) in [6.45, 7) is -0.463. The number of anilines is 1. The highest BCUT2D eigenvalue weighted by Gasteiger charge is 2.13. The SMILES string of the molecule is O=C(COC(=O)c1cc(=O)c2ccccc2[nH]1)Nc1ccccc1Br. The fourth-order valence-electron chi connectivity index (χ4n) is 2.26. The lowest BCUT2D eigenvalue weighted by Crippen LogP contribution is -2.22. The number of aromatic amines is 1. The van der Waals surface area contributed by atoms with E-state index in [0.717, 1.165) is 6.07 Å². The molecule has 2 aromatic carbocycles. The smallest absolute Gasteiger partial charge is 0.355 e. The van der Waals surface area contributed by atoms with E-state index < -0.39 is 18.5 Å². The molecule has 0 aliphatic carbocycles. The van der Waals surface area contributed by atoms with Gasteiger partial charge in [-0.2, -0.15) is 0 Å². The Morgan fingerprint density at radius 1 is 1.08 bits per heavy atom. The van der Waals surface area contributed by atoms with Crippen LogP contribution in [0.25, 0.3) is 10.9 Å². The van der Waals surface area contributed by atoms with E-state index in [9.17, 15) is 14.4 Å². The quantitative estimate of drug-likeness (QED) is 0.658. The van der Waals surface area contributed by atoms with Crippen LogP contribution in [0.4, 0.5) is 5.69 Å². The Hall–Kier alpha value is -2.93. The van der Waals surface area contributed by atoms with Crippen molar-refractivity contribution < 1.29 is 14.3 Å². The van der Waals surface area contributed by atoms with Crippen LogP contribution in [0, 0.1) is 0 Å². The van der Waals surface area contributed by atoms with Gasteiger partial charge in [-0.3, -0.25) is 9.59 Å². The Labute approximate surface area is 151 Å². The van der Waals surface area contributed by atoms with Crippen LogP contribution in [-0.2, 0) is 9.53 Å². The molecular formula is C18H13BrN2O4. The molecule has 1 aromatic heterocycles. The Morgan fingerprint density at radius 2 is 1.80 bits per heavy atom. The van der Waals surface area contributed by atoms with Crippen LogP contribution in [0.1, 0.15) is 10.5 Å². The number of nitrogens with one attached hydrogen (secondary N) is 2. The van der Waals surface area contributed by atoms with Crippen molar-refractivity contribution >= 4 is 44.4 Å². The minimum Gasteiger partial charge on any atom is -0.451 e. The van der Waals surface area contributed by atoms with Crippen molar-refractivity contribution in [3.63, 3.8) is 0 Å². The van der Waals surface area contributed by atoms with Gasteiger partial charge in [0.15, 0.2) is 12.0 Å². The van der Waals surface area contributed by atoms with E-state index in [1.165, 1.54) is 0 Å². The summed E-state index contributed by atoms with van der Waals surface area (Å²) in [7, 11) is 0. The number of aromatic nitrogens is 1. The van der Waals surface area contributed by atoms with Crippen LogP contribution in [0.3, 0.4) is 0 Å². The average Bonchev–Trinajstić information content (AvgIpc) is 2.61. The third-order valence-electron chi connectivity index (χ3n) is 3.44. The van der Waals surface area contributed by atoms with Gasteiger partial charge in [0.05, 0.1) is 5.69 Å². The number of H-pyrrole nitrogens is 1. The second-order valence-electron chi connectivity index (χ2n) is 5.20. The van der Waals surface area contributed by atoms with Gasteiger partial charge >= 0.3 is 5.97 Å². The van der Waals surface area contributed by atoms with Crippen molar-refractivity contribution in [1.82, 2.24) is 4.98 Å². The molecule has 126 valence electrons. The topological polar surface area (TPSA) is 88.3 Å². The average molecular weight is 401 g/mol. The molecule has 1 amide bonds. The molecule has 0 atom stereocenters. The summed E-state index contributed by atoms with van der Waals surface area (Å²) in [4.78, 5) is 38.8. The van der Waals surface area contributed by atoms with Gasteiger partial charge in [-0.1, -0.05) is 24.3 Å². The van der Waals surface area contributed by atoms with Crippen LogP contribution < -0.4 is 10.7 Å². The zero-order valence-corrected chi connectivity index (χ0v) is 14.5. The first-order valence-electron chi connectivity index (χ1n) is 7.38. The number of esters is 1. The number of halogens is 1. The predicted molar refractivity (Wildman–Crippen MR) is 97.6 cm³/mol. The highest BCUT2D eigenvalue weighted by molar-refractivity contribution is 9.10. The van der Waals surface area contributed by atoms with Crippen molar-refractivity contribution in [3.8, 4) is 0 Å². The lowest BCUT2D eigenvalue weighted by Gasteiger charge is -2.08. The monoisotopic (exact) mass is 400 g/mol. The van der Waals surface area contributed by atoms with Gasteiger partial charge in [-0.25, -0.2) is 4.79 Å². The third kappa shape index (κ3) is 3.95. The third-order valence-corrected chi connectivity index (χ3v) is 4.13. The molecule has 3 aromatic rings. The van der Waals surface area contributed by atoms with E-state index in [1.54, 1.807) is 42.5 Å². The molecule has 0 radical (unpaired) electrons. The second kappa shape index (κ2) is 7.31. The summed E-state index contributed by atoms with van der Waals surface area (Å²) in [6, 6.07) is 15.1. The Bertz CT molecular complexity index is 1010. The lowest BCUT2D eigenvalue weighted by atomic mass is 10.2. The number of carbonyl (C=O) groups excluding carboxylic acids is 2. The first kappa shape index (κ1) is 16.9. The number of carbonyl (C=O) groups is 2. The van der Waals surface area contributed by atoms with Crippen molar-refractivity contribution in [2.24, 2.45) is 0 Å². The van der Waals surface area contributed by atoms with Crippen LogP contribution in [0.2, 0.25) is 0 Å². The molecule has 0 aliphatic heterocycles. The van der Waals surface area contributed by atoms with Crippen LogP contribution >= 0.6 is 15.9 Å². The number of amides is 1. The number of para-hydroxylation sites is 2. The first-order valence-corrected chi connectivity index (χ1v) is 8.17. The Balaban J connectivity index is 1.67.